The van der Waals surface area contributed by atoms with Crippen LogP contribution in [0.5, 0.6) is 0 Å². The molecule has 3 heterocycles. The number of rotatable bonds is 5. The standard InChI is InChI=1S/C14H12N4O3S2/c1-8(19)10-6-23-14(16-10)17-11(20)2-4-18-7-15-12-9(13(18)21)3-5-22-12/h3,5-7H,2,4H2,1H3,(H,16,17,20). The third-order valence-electron chi connectivity index (χ3n) is 3.14. The third kappa shape index (κ3) is 3.35. The van der Waals surface area contributed by atoms with Crippen LogP contribution in [-0.2, 0) is 11.3 Å². The van der Waals surface area contributed by atoms with E-state index in [1.165, 1.54) is 40.5 Å². The van der Waals surface area contributed by atoms with Gasteiger partial charge in [-0.1, -0.05) is 0 Å². The van der Waals surface area contributed by atoms with Crippen LogP contribution < -0.4 is 10.9 Å². The summed E-state index contributed by atoms with van der Waals surface area (Å²) < 4.78 is 1.41. The zero-order valence-electron chi connectivity index (χ0n) is 12.1. The van der Waals surface area contributed by atoms with E-state index >= 15 is 0 Å². The summed E-state index contributed by atoms with van der Waals surface area (Å²) in [5.74, 6) is -0.421. The van der Waals surface area contributed by atoms with Crippen LogP contribution >= 0.6 is 22.7 Å². The van der Waals surface area contributed by atoms with Crippen LogP contribution in [0.3, 0.4) is 0 Å². The lowest BCUT2D eigenvalue weighted by Crippen LogP contribution is -2.23. The smallest absolute Gasteiger partial charge is 0.262 e. The monoisotopic (exact) mass is 348 g/mol. The second-order valence-corrected chi connectivity index (χ2v) is 6.53. The minimum absolute atomic E-state index is 0.117. The van der Waals surface area contributed by atoms with Crippen LogP contribution in [-0.4, -0.2) is 26.2 Å². The van der Waals surface area contributed by atoms with Gasteiger partial charge in [-0.15, -0.1) is 22.7 Å². The summed E-state index contributed by atoms with van der Waals surface area (Å²) in [6.45, 7) is 1.65. The predicted molar refractivity (Wildman–Crippen MR) is 89.2 cm³/mol. The van der Waals surface area contributed by atoms with Crippen molar-refractivity contribution in [3.8, 4) is 0 Å². The molecule has 0 fully saturated rings. The van der Waals surface area contributed by atoms with Gasteiger partial charge in [-0.3, -0.25) is 19.0 Å². The molecule has 0 bridgehead atoms. The maximum Gasteiger partial charge on any atom is 0.262 e. The first-order valence-corrected chi connectivity index (χ1v) is 8.49. The highest BCUT2D eigenvalue weighted by Crippen LogP contribution is 2.16. The Labute approximate surface area is 138 Å². The minimum atomic E-state index is -0.272. The van der Waals surface area contributed by atoms with Gasteiger partial charge in [0.15, 0.2) is 10.9 Å². The number of anilines is 1. The van der Waals surface area contributed by atoms with E-state index in [4.69, 9.17) is 0 Å². The van der Waals surface area contributed by atoms with Gasteiger partial charge in [0.1, 0.15) is 10.5 Å². The molecule has 0 unspecified atom stereocenters. The van der Waals surface area contributed by atoms with Crippen molar-refractivity contribution in [3.63, 3.8) is 0 Å². The van der Waals surface area contributed by atoms with Gasteiger partial charge in [0.2, 0.25) is 5.91 Å². The third-order valence-corrected chi connectivity index (χ3v) is 4.72. The van der Waals surface area contributed by atoms with Crippen molar-refractivity contribution >= 4 is 49.7 Å². The van der Waals surface area contributed by atoms with Gasteiger partial charge >= 0.3 is 0 Å². The quantitative estimate of drug-likeness (QED) is 0.713. The summed E-state index contributed by atoms with van der Waals surface area (Å²) in [5.41, 5.74) is 0.172. The average molecular weight is 348 g/mol. The first-order valence-electron chi connectivity index (χ1n) is 6.73. The highest BCUT2D eigenvalue weighted by atomic mass is 32.1. The van der Waals surface area contributed by atoms with Crippen molar-refractivity contribution in [1.82, 2.24) is 14.5 Å². The second kappa shape index (κ2) is 6.39. The number of nitrogens with zero attached hydrogens (tertiary/aromatic N) is 3. The van der Waals surface area contributed by atoms with E-state index < -0.39 is 0 Å². The van der Waals surface area contributed by atoms with Crippen LogP contribution in [0.25, 0.3) is 10.2 Å². The number of fused-ring (bicyclic) bond motifs is 1. The highest BCUT2D eigenvalue weighted by Gasteiger charge is 2.10. The zero-order valence-corrected chi connectivity index (χ0v) is 13.7. The van der Waals surface area contributed by atoms with E-state index in [1.807, 2.05) is 5.38 Å². The Bertz CT molecular complexity index is 941. The van der Waals surface area contributed by atoms with Crippen molar-refractivity contribution in [2.45, 2.75) is 19.9 Å². The molecule has 118 valence electrons. The molecule has 23 heavy (non-hydrogen) atoms. The number of amides is 1. The SMILES string of the molecule is CC(=O)c1csc(NC(=O)CCn2cnc3sccc3c2=O)n1. The van der Waals surface area contributed by atoms with Crippen LogP contribution in [0.2, 0.25) is 0 Å². The highest BCUT2D eigenvalue weighted by molar-refractivity contribution is 7.16. The van der Waals surface area contributed by atoms with Gasteiger partial charge < -0.3 is 5.32 Å². The minimum Gasteiger partial charge on any atom is -0.302 e. The summed E-state index contributed by atoms with van der Waals surface area (Å²) in [6.07, 6.45) is 1.57. The summed E-state index contributed by atoms with van der Waals surface area (Å²) >= 11 is 2.59. The first-order chi connectivity index (χ1) is 11.0. The van der Waals surface area contributed by atoms with Crippen LogP contribution in [0.1, 0.15) is 23.8 Å². The Morgan fingerprint density at radius 1 is 1.35 bits per heavy atom. The van der Waals surface area contributed by atoms with E-state index in [1.54, 1.807) is 11.4 Å². The molecule has 3 aromatic rings. The number of hydrogen-bond donors (Lipinski definition) is 1. The van der Waals surface area contributed by atoms with Gasteiger partial charge in [0.25, 0.3) is 5.56 Å². The Hall–Kier alpha value is -2.39. The van der Waals surface area contributed by atoms with E-state index in [9.17, 15) is 14.4 Å². The predicted octanol–water partition coefficient (Wildman–Crippen LogP) is 2.15. The number of aromatic nitrogens is 3. The number of aryl methyl sites for hydroxylation is 1. The van der Waals surface area contributed by atoms with Crippen molar-refractivity contribution in [2.75, 3.05) is 5.32 Å². The van der Waals surface area contributed by atoms with Gasteiger partial charge in [0.05, 0.1) is 11.7 Å². The molecule has 7 nitrogen and oxygen atoms in total. The second-order valence-electron chi connectivity index (χ2n) is 4.77. The fourth-order valence-corrected chi connectivity index (χ4v) is 3.44. The average Bonchev–Trinajstić information content (AvgIpc) is 3.15. The number of carbonyl (C=O) groups excluding carboxylic acids is 2. The lowest BCUT2D eigenvalue weighted by Gasteiger charge is -2.05. The normalized spacial score (nSPS) is 10.8. The molecule has 1 N–H and O–H groups in total. The fraction of sp³-hybridized carbons (Fsp3) is 0.214. The maximum absolute atomic E-state index is 12.2. The molecule has 0 radical (unpaired) electrons. The molecule has 0 aromatic carbocycles. The van der Waals surface area contributed by atoms with E-state index in [-0.39, 0.29) is 30.2 Å². The van der Waals surface area contributed by atoms with Crippen LogP contribution in [0.4, 0.5) is 5.13 Å². The lowest BCUT2D eigenvalue weighted by atomic mass is 10.3. The van der Waals surface area contributed by atoms with Crippen molar-refractivity contribution in [1.29, 1.82) is 0 Å². The number of thiophene rings is 1. The van der Waals surface area contributed by atoms with Crippen molar-refractivity contribution in [2.24, 2.45) is 0 Å². The number of nitrogens with one attached hydrogen (secondary N) is 1. The molecule has 1 amide bonds. The molecule has 3 aromatic heterocycles. The summed E-state index contributed by atoms with van der Waals surface area (Å²) in [4.78, 5) is 44.2. The molecule has 0 aliphatic heterocycles. The molecule has 0 spiro atoms. The molecule has 9 heteroatoms. The molecule has 0 aliphatic rings. The first kappa shape index (κ1) is 15.5. The topological polar surface area (TPSA) is 94.0 Å². The number of ketones is 1. The summed E-state index contributed by atoms with van der Waals surface area (Å²) in [5, 5.41) is 6.96. The number of hydrogen-bond acceptors (Lipinski definition) is 7. The molecule has 0 saturated heterocycles. The molecule has 0 aliphatic carbocycles. The van der Waals surface area contributed by atoms with Gasteiger partial charge in [-0.05, 0) is 11.4 Å². The summed E-state index contributed by atoms with van der Waals surface area (Å²) in [7, 11) is 0. The molecule has 0 atom stereocenters. The molecule has 0 saturated carbocycles. The summed E-state index contributed by atoms with van der Waals surface area (Å²) in [6, 6.07) is 1.73. The number of Topliss-reactive ketones (excluding diaryl/α,β-unsaturated/α-hetero) is 1. The number of thiazole rings is 1. The molecular weight excluding hydrogens is 336 g/mol. The maximum atomic E-state index is 12.2. The van der Waals surface area contributed by atoms with Crippen molar-refractivity contribution < 1.29 is 9.59 Å². The Morgan fingerprint density at radius 2 is 2.17 bits per heavy atom. The zero-order chi connectivity index (χ0) is 16.4. The Kier molecular flexibility index (Phi) is 4.30. The molecular formula is C14H12N4O3S2. The van der Waals surface area contributed by atoms with E-state index in [0.717, 1.165) is 0 Å². The van der Waals surface area contributed by atoms with Crippen LogP contribution in [0, 0.1) is 0 Å². The van der Waals surface area contributed by atoms with Gasteiger partial charge in [-0.25, -0.2) is 9.97 Å². The van der Waals surface area contributed by atoms with Crippen LogP contribution in [0.15, 0.2) is 27.9 Å². The van der Waals surface area contributed by atoms with Gasteiger partial charge in [-0.2, -0.15) is 0 Å². The van der Waals surface area contributed by atoms with Gasteiger partial charge in [0, 0.05) is 25.3 Å². The fourth-order valence-electron chi connectivity index (χ4n) is 1.95. The largest absolute Gasteiger partial charge is 0.302 e. The molecule has 3 rings (SSSR count). The van der Waals surface area contributed by atoms with E-state index in [0.29, 0.717) is 21.0 Å². The van der Waals surface area contributed by atoms with E-state index in [2.05, 4.69) is 15.3 Å². The van der Waals surface area contributed by atoms with Crippen molar-refractivity contribution in [3.05, 3.63) is 39.2 Å². The lowest BCUT2D eigenvalue weighted by molar-refractivity contribution is -0.116. The Morgan fingerprint density at radius 3 is 2.91 bits per heavy atom. The Balaban J connectivity index is 1.64. The number of carbonyl (C=O) groups is 2.